The number of hydrogen-bond donors (Lipinski definition) is 5. The normalized spacial score (nSPS) is 14.5. The Balaban J connectivity index is 4.94. The lowest BCUT2D eigenvalue weighted by molar-refractivity contribution is -0.142. The summed E-state index contributed by atoms with van der Waals surface area (Å²) in [6.45, 7) is 4.25. The molecule has 2 amide bonds. The van der Waals surface area contributed by atoms with E-state index in [-0.39, 0.29) is 5.92 Å². The Morgan fingerprint density at radius 1 is 1.04 bits per heavy atom. The number of carboxylic acids is 1. The number of thioether (sulfide) groups is 1. The maximum absolute atomic E-state index is 12.5. The maximum atomic E-state index is 12.5. The van der Waals surface area contributed by atoms with Crippen molar-refractivity contribution in [3.8, 4) is 0 Å². The molecule has 7 N–H and O–H groups in total. The Morgan fingerprint density at radius 3 is 2.15 bits per heavy atom. The van der Waals surface area contributed by atoms with Crippen LogP contribution in [0.3, 0.4) is 0 Å². The second-order valence-corrected chi connectivity index (χ2v) is 7.75. The van der Waals surface area contributed by atoms with Crippen molar-refractivity contribution in [3.63, 3.8) is 0 Å². The minimum absolute atomic E-state index is 0.113. The molecule has 0 heterocycles. The van der Waals surface area contributed by atoms with Crippen LogP contribution in [-0.2, 0) is 14.4 Å². The van der Waals surface area contributed by atoms with E-state index < -0.39 is 35.9 Å². The third kappa shape index (κ3) is 10.6. The van der Waals surface area contributed by atoms with Crippen LogP contribution in [-0.4, -0.2) is 59.6 Å². The summed E-state index contributed by atoms with van der Waals surface area (Å²) >= 11 is 1.59. The van der Waals surface area contributed by atoms with Crippen molar-refractivity contribution >= 4 is 29.5 Å². The number of carbonyl (C=O) groups is 3. The zero-order valence-electron chi connectivity index (χ0n) is 16.0. The van der Waals surface area contributed by atoms with Crippen LogP contribution in [0.2, 0.25) is 0 Å². The molecule has 0 spiro atoms. The molecule has 3 unspecified atom stereocenters. The molecule has 0 aliphatic heterocycles. The van der Waals surface area contributed by atoms with E-state index in [2.05, 4.69) is 10.6 Å². The van der Waals surface area contributed by atoms with Crippen molar-refractivity contribution in [1.82, 2.24) is 10.6 Å². The van der Waals surface area contributed by atoms with Gasteiger partial charge in [0.05, 0.1) is 6.04 Å². The van der Waals surface area contributed by atoms with Gasteiger partial charge in [-0.05, 0) is 56.6 Å². The van der Waals surface area contributed by atoms with Crippen LogP contribution in [0.25, 0.3) is 0 Å². The predicted octanol–water partition coefficient (Wildman–Crippen LogP) is 0.296. The van der Waals surface area contributed by atoms with Gasteiger partial charge in [0.25, 0.3) is 0 Å². The molecule has 26 heavy (non-hydrogen) atoms. The molecule has 0 aliphatic rings. The summed E-state index contributed by atoms with van der Waals surface area (Å²) in [5.41, 5.74) is 11.3. The molecule has 0 bridgehead atoms. The topological polar surface area (TPSA) is 148 Å². The van der Waals surface area contributed by atoms with Gasteiger partial charge in [-0.1, -0.05) is 13.8 Å². The number of nitrogens with two attached hydrogens (primary N) is 2. The summed E-state index contributed by atoms with van der Waals surface area (Å²) in [7, 11) is 0. The van der Waals surface area contributed by atoms with Crippen LogP contribution >= 0.6 is 11.8 Å². The van der Waals surface area contributed by atoms with E-state index in [4.69, 9.17) is 11.5 Å². The summed E-state index contributed by atoms with van der Waals surface area (Å²) in [6.07, 6.45) is 4.50. The molecule has 8 nitrogen and oxygen atoms in total. The third-order valence-corrected chi connectivity index (χ3v) is 4.52. The molecule has 0 radical (unpaired) electrons. The summed E-state index contributed by atoms with van der Waals surface area (Å²) < 4.78 is 0. The number of aliphatic carboxylic acids is 1. The minimum atomic E-state index is -1.09. The second kappa shape index (κ2) is 13.8. The van der Waals surface area contributed by atoms with E-state index in [1.165, 1.54) is 0 Å². The van der Waals surface area contributed by atoms with Crippen molar-refractivity contribution in [3.05, 3.63) is 0 Å². The standard InChI is InChI=1S/C17H34N4O4S/c1-11(2)10-14(17(24)25)21-16(23)13(6-4-5-8-18)20-15(22)12(19)7-9-26-3/h11-14H,4-10,18-19H2,1-3H3,(H,20,22)(H,21,23)(H,24,25). The smallest absolute Gasteiger partial charge is 0.326 e. The van der Waals surface area contributed by atoms with Gasteiger partial charge >= 0.3 is 5.97 Å². The van der Waals surface area contributed by atoms with Crippen LogP contribution < -0.4 is 22.1 Å². The lowest BCUT2D eigenvalue weighted by Crippen LogP contribution is -2.54. The molecule has 3 atom stereocenters. The van der Waals surface area contributed by atoms with Crippen molar-refractivity contribution in [2.75, 3.05) is 18.6 Å². The Labute approximate surface area is 160 Å². The average molecular weight is 391 g/mol. The first-order valence-corrected chi connectivity index (χ1v) is 10.4. The molecule has 0 aromatic carbocycles. The van der Waals surface area contributed by atoms with Gasteiger partial charge in [0.15, 0.2) is 0 Å². The Bertz CT molecular complexity index is 448. The van der Waals surface area contributed by atoms with E-state index in [1.54, 1.807) is 11.8 Å². The molecular formula is C17H34N4O4S. The number of carboxylic acid groups (broad SMARTS) is 1. The molecule has 0 aromatic rings. The monoisotopic (exact) mass is 390 g/mol. The zero-order valence-corrected chi connectivity index (χ0v) is 16.8. The van der Waals surface area contributed by atoms with Gasteiger partial charge in [0, 0.05) is 0 Å². The highest BCUT2D eigenvalue weighted by atomic mass is 32.2. The Morgan fingerprint density at radius 2 is 1.65 bits per heavy atom. The lowest BCUT2D eigenvalue weighted by Gasteiger charge is -2.23. The number of rotatable bonds is 14. The molecule has 152 valence electrons. The Hall–Kier alpha value is -1.32. The van der Waals surface area contributed by atoms with Crippen molar-refractivity contribution in [1.29, 1.82) is 0 Å². The summed E-state index contributed by atoms with van der Waals surface area (Å²) in [4.78, 5) is 36.1. The molecule has 0 aromatic heterocycles. The summed E-state index contributed by atoms with van der Waals surface area (Å²) in [5.74, 6) is -1.13. The van der Waals surface area contributed by atoms with Crippen molar-refractivity contribution in [2.24, 2.45) is 17.4 Å². The van der Waals surface area contributed by atoms with E-state index in [9.17, 15) is 19.5 Å². The quantitative estimate of drug-likeness (QED) is 0.268. The predicted molar refractivity (Wildman–Crippen MR) is 105 cm³/mol. The fourth-order valence-corrected chi connectivity index (χ4v) is 2.87. The number of nitrogens with one attached hydrogen (secondary N) is 2. The second-order valence-electron chi connectivity index (χ2n) is 6.76. The number of amides is 2. The summed E-state index contributed by atoms with van der Waals surface area (Å²) in [6, 6.07) is -2.50. The van der Waals surface area contributed by atoms with Gasteiger partial charge in [-0.25, -0.2) is 4.79 Å². The van der Waals surface area contributed by atoms with Crippen LogP contribution in [0, 0.1) is 5.92 Å². The Kier molecular flexibility index (Phi) is 13.1. The summed E-state index contributed by atoms with van der Waals surface area (Å²) in [5, 5.41) is 14.5. The van der Waals surface area contributed by atoms with Gasteiger partial charge in [-0.2, -0.15) is 11.8 Å². The first kappa shape index (κ1) is 24.7. The van der Waals surface area contributed by atoms with Gasteiger partial charge in [-0.15, -0.1) is 0 Å². The van der Waals surface area contributed by atoms with Gasteiger partial charge in [-0.3, -0.25) is 9.59 Å². The molecule has 0 rings (SSSR count). The molecular weight excluding hydrogens is 356 g/mol. The molecule has 0 fully saturated rings. The fourth-order valence-electron chi connectivity index (χ4n) is 2.38. The highest BCUT2D eigenvalue weighted by molar-refractivity contribution is 7.98. The zero-order chi connectivity index (χ0) is 20.1. The van der Waals surface area contributed by atoms with Crippen LogP contribution in [0.5, 0.6) is 0 Å². The lowest BCUT2D eigenvalue weighted by atomic mass is 10.0. The van der Waals surface area contributed by atoms with Gasteiger partial charge in [0.1, 0.15) is 12.1 Å². The first-order valence-electron chi connectivity index (χ1n) is 9.01. The van der Waals surface area contributed by atoms with E-state index in [1.807, 2.05) is 20.1 Å². The fraction of sp³-hybridized carbons (Fsp3) is 0.824. The van der Waals surface area contributed by atoms with Crippen LogP contribution in [0.1, 0.15) is 46.0 Å². The largest absolute Gasteiger partial charge is 0.480 e. The average Bonchev–Trinajstić information content (AvgIpc) is 2.57. The van der Waals surface area contributed by atoms with Gasteiger partial charge < -0.3 is 27.2 Å². The van der Waals surface area contributed by atoms with E-state index >= 15 is 0 Å². The minimum Gasteiger partial charge on any atom is -0.480 e. The SMILES string of the molecule is CSCCC(N)C(=O)NC(CCCCN)C(=O)NC(CC(C)C)C(=O)O. The third-order valence-electron chi connectivity index (χ3n) is 3.87. The van der Waals surface area contributed by atoms with E-state index in [0.29, 0.717) is 38.6 Å². The number of unbranched alkanes of at least 4 members (excludes halogenated alkanes) is 1. The molecule has 0 saturated carbocycles. The van der Waals surface area contributed by atoms with Crippen molar-refractivity contribution in [2.45, 2.75) is 64.1 Å². The first-order chi connectivity index (χ1) is 12.2. The van der Waals surface area contributed by atoms with E-state index in [0.717, 1.165) is 5.75 Å². The maximum Gasteiger partial charge on any atom is 0.326 e. The van der Waals surface area contributed by atoms with Crippen LogP contribution in [0.4, 0.5) is 0 Å². The molecule has 9 heteroatoms. The molecule has 0 aliphatic carbocycles. The number of hydrogen-bond acceptors (Lipinski definition) is 6. The van der Waals surface area contributed by atoms with Gasteiger partial charge in [0.2, 0.25) is 11.8 Å². The highest BCUT2D eigenvalue weighted by Gasteiger charge is 2.28. The molecule has 0 saturated heterocycles. The van der Waals surface area contributed by atoms with Crippen molar-refractivity contribution < 1.29 is 19.5 Å². The number of carbonyl (C=O) groups excluding carboxylic acids is 2. The van der Waals surface area contributed by atoms with Crippen LogP contribution in [0.15, 0.2) is 0 Å². The highest BCUT2D eigenvalue weighted by Crippen LogP contribution is 2.08.